The van der Waals surface area contributed by atoms with Crippen molar-refractivity contribution in [3.8, 4) is 0 Å². The fraction of sp³-hybridized carbons (Fsp3) is 0.750. The van der Waals surface area contributed by atoms with Crippen molar-refractivity contribution >= 4 is 33.0 Å². The summed E-state index contributed by atoms with van der Waals surface area (Å²) in [6.07, 6.45) is 1.38. The van der Waals surface area contributed by atoms with Gasteiger partial charge in [-0.2, -0.15) is 0 Å². The average Bonchev–Trinajstić information content (AvgIpc) is 2.52. The third-order valence-electron chi connectivity index (χ3n) is 1.80. The second kappa shape index (κ2) is 5.33. The molecule has 11 heavy (non-hydrogen) atoms. The maximum atomic E-state index is 2.35. The van der Waals surface area contributed by atoms with E-state index in [1.165, 1.54) is 24.0 Å². The Bertz CT molecular complexity index is 146. The van der Waals surface area contributed by atoms with E-state index in [-0.39, 0.29) is 9.52 Å². The predicted molar refractivity (Wildman–Crippen MR) is 61.3 cm³/mol. The predicted octanol–water partition coefficient (Wildman–Crippen LogP) is 2.65. The molecule has 1 aliphatic rings. The van der Waals surface area contributed by atoms with E-state index in [0.29, 0.717) is 0 Å². The molecule has 0 amide bonds. The summed E-state index contributed by atoms with van der Waals surface area (Å²) in [4.78, 5) is 0. The first-order valence-electron chi connectivity index (χ1n) is 4.30. The Morgan fingerprint density at radius 1 is 1.45 bits per heavy atom. The molecule has 64 valence electrons. The lowest BCUT2D eigenvalue weighted by atomic mass is 10.6. The normalized spacial score (nSPS) is 18.5. The Balaban J connectivity index is 2.35. The molecule has 0 aliphatic carbocycles. The van der Waals surface area contributed by atoms with Gasteiger partial charge in [0.05, 0.1) is 9.52 Å². The quantitative estimate of drug-likeness (QED) is 0.648. The van der Waals surface area contributed by atoms with E-state index in [0.717, 1.165) is 0 Å². The minimum Gasteiger partial charge on any atom is -0.119 e. The van der Waals surface area contributed by atoms with E-state index in [4.69, 9.17) is 0 Å². The van der Waals surface area contributed by atoms with E-state index in [2.05, 4.69) is 37.4 Å². The maximum Gasteiger partial charge on any atom is 0.0513 e. The molecule has 1 aliphatic heterocycles. The Morgan fingerprint density at radius 2 is 2.09 bits per heavy atom. The van der Waals surface area contributed by atoms with Crippen molar-refractivity contribution in [2.75, 3.05) is 11.5 Å². The molecule has 0 aromatic rings. The zero-order valence-electron chi connectivity index (χ0n) is 7.35. The summed E-state index contributed by atoms with van der Waals surface area (Å²) in [6.45, 7) is 4.64. The zero-order chi connectivity index (χ0) is 8.10. The van der Waals surface area contributed by atoms with E-state index >= 15 is 0 Å². The molecule has 0 spiro atoms. The van der Waals surface area contributed by atoms with Crippen molar-refractivity contribution in [3.05, 3.63) is 9.43 Å². The summed E-state index contributed by atoms with van der Waals surface area (Å²) in [5.74, 6) is 2.69. The van der Waals surface area contributed by atoms with Gasteiger partial charge >= 0.3 is 0 Å². The molecule has 1 rings (SSSR count). The van der Waals surface area contributed by atoms with Crippen molar-refractivity contribution in [3.63, 3.8) is 0 Å². The van der Waals surface area contributed by atoms with Crippen LogP contribution < -0.4 is 0 Å². The largest absolute Gasteiger partial charge is 0.119 e. The molecule has 0 radical (unpaired) electrons. The second-order valence-electron chi connectivity index (χ2n) is 2.87. The highest BCUT2D eigenvalue weighted by Crippen LogP contribution is 2.38. The topological polar surface area (TPSA) is 0 Å². The Kier molecular flexibility index (Phi) is 4.72. The van der Waals surface area contributed by atoms with E-state index in [1.54, 1.807) is 9.43 Å². The molecule has 1 heterocycles. The van der Waals surface area contributed by atoms with Crippen LogP contribution in [0.15, 0.2) is 9.43 Å². The van der Waals surface area contributed by atoms with Gasteiger partial charge in [0.15, 0.2) is 0 Å². The van der Waals surface area contributed by atoms with Crippen molar-refractivity contribution in [2.24, 2.45) is 0 Å². The molecule has 0 nitrogen and oxygen atoms in total. The number of rotatable bonds is 3. The number of thioether (sulfide) groups is 2. The molecule has 0 saturated carbocycles. The Labute approximate surface area is 80.4 Å². The van der Waals surface area contributed by atoms with Crippen LogP contribution in [0.5, 0.6) is 0 Å². The number of hydrogen-bond donors (Lipinski definition) is 0. The third-order valence-corrected chi connectivity index (χ3v) is 7.48. The summed E-state index contributed by atoms with van der Waals surface area (Å²) in [5, 5.41) is 1.76. The van der Waals surface area contributed by atoms with E-state index in [9.17, 15) is 0 Å². The SMILES string of the molecule is CCC[SiH2]C(C)=C1SCCS1. The molecule has 0 N–H and O–H groups in total. The van der Waals surface area contributed by atoms with Gasteiger partial charge in [0, 0.05) is 15.7 Å². The molecular formula is C8H16S2Si. The molecule has 0 unspecified atom stereocenters. The zero-order valence-corrected chi connectivity index (χ0v) is 10.4. The van der Waals surface area contributed by atoms with Gasteiger partial charge in [-0.15, -0.1) is 23.5 Å². The molecule has 0 atom stereocenters. The molecule has 3 heteroatoms. The van der Waals surface area contributed by atoms with Crippen LogP contribution in [0, 0.1) is 0 Å². The standard InChI is InChI=1S/C8H16S2Si/c1-3-6-11-7(2)8-9-4-5-10-8/h3-6,11H2,1-2H3. The molecule has 0 bridgehead atoms. The third kappa shape index (κ3) is 3.26. The molecule has 0 aromatic heterocycles. The van der Waals surface area contributed by atoms with Crippen LogP contribution in [0.2, 0.25) is 6.04 Å². The highest BCUT2D eigenvalue weighted by molar-refractivity contribution is 8.25. The van der Waals surface area contributed by atoms with Crippen LogP contribution in [0.1, 0.15) is 20.3 Å². The van der Waals surface area contributed by atoms with Crippen molar-refractivity contribution in [1.82, 2.24) is 0 Å². The molecular weight excluding hydrogens is 188 g/mol. The average molecular weight is 204 g/mol. The maximum absolute atomic E-state index is 2.35. The second-order valence-corrected chi connectivity index (χ2v) is 7.60. The van der Waals surface area contributed by atoms with Gasteiger partial charge in [0.2, 0.25) is 0 Å². The van der Waals surface area contributed by atoms with Crippen LogP contribution in [0.4, 0.5) is 0 Å². The van der Waals surface area contributed by atoms with Gasteiger partial charge in [-0.3, -0.25) is 0 Å². The number of hydrogen-bond acceptors (Lipinski definition) is 2. The summed E-state index contributed by atoms with van der Waals surface area (Å²) < 4.78 is 1.67. The summed E-state index contributed by atoms with van der Waals surface area (Å²) in [5.41, 5.74) is 0. The number of allylic oxidation sites excluding steroid dienone is 1. The molecule has 0 aromatic carbocycles. The van der Waals surface area contributed by atoms with E-state index in [1.807, 2.05) is 0 Å². The van der Waals surface area contributed by atoms with Gasteiger partial charge < -0.3 is 0 Å². The van der Waals surface area contributed by atoms with Gasteiger partial charge in [0.1, 0.15) is 0 Å². The first-order chi connectivity index (χ1) is 5.34. The van der Waals surface area contributed by atoms with Crippen LogP contribution >= 0.6 is 23.5 Å². The van der Waals surface area contributed by atoms with Crippen molar-refractivity contribution < 1.29 is 0 Å². The van der Waals surface area contributed by atoms with Crippen molar-refractivity contribution in [2.45, 2.75) is 26.3 Å². The molecule has 1 fully saturated rings. The first-order valence-corrected chi connectivity index (χ1v) is 7.97. The van der Waals surface area contributed by atoms with Crippen LogP contribution in [0.25, 0.3) is 0 Å². The van der Waals surface area contributed by atoms with Crippen LogP contribution in [0.3, 0.4) is 0 Å². The van der Waals surface area contributed by atoms with Gasteiger partial charge in [-0.05, 0) is 6.92 Å². The lowest BCUT2D eigenvalue weighted by molar-refractivity contribution is 1.07. The summed E-state index contributed by atoms with van der Waals surface area (Å²) >= 11 is 4.16. The highest BCUT2D eigenvalue weighted by atomic mass is 32.2. The fourth-order valence-corrected chi connectivity index (χ4v) is 5.78. The lowest BCUT2D eigenvalue weighted by Crippen LogP contribution is -1.91. The van der Waals surface area contributed by atoms with E-state index < -0.39 is 0 Å². The lowest BCUT2D eigenvalue weighted by Gasteiger charge is -2.01. The minimum absolute atomic E-state index is 0.144. The monoisotopic (exact) mass is 204 g/mol. The first kappa shape index (κ1) is 9.74. The van der Waals surface area contributed by atoms with Gasteiger partial charge in [0.25, 0.3) is 0 Å². The van der Waals surface area contributed by atoms with Gasteiger partial charge in [-0.25, -0.2) is 0 Å². The van der Waals surface area contributed by atoms with Crippen LogP contribution in [-0.4, -0.2) is 21.0 Å². The van der Waals surface area contributed by atoms with Crippen molar-refractivity contribution in [1.29, 1.82) is 0 Å². The fourth-order valence-electron chi connectivity index (χ4n) is 1.10. The summed E-state index contributed by atoms with van der Waals surface area (Å²) in [6, 6.07) is 1.50. The minimum atomic E-state index is 0.144. The Hall–Kier alpha value is 0.657. The summed E-state index contributed by atoms with van der Waals surface area (Å²) in [7, 11) is 0.144. The smallest absolute Gasteiger partial charge is 0.0513 e. The van der Waals surface area contributed by atoms with Gasteiger partial charge in [-0.1, -0.05) is 24.6 Å². The Morgan fingerprint density at radius 3 is 2.64 bits per heavy atom. The van der Waals surface area contributed by atoms with Crippen LogP contribution in [-0.2, 0) is 0 Å². The molecule has 1 saturated heterocycles. The highest BCUT2D eigenvalue weighted by Gasteiger charge is 2.10.